The SMILES string of the molecule is COc1ccc(Oc2ccc(N3C(=S)N[C@H](c4ccccn4)[C@@H]3c3cc(C)n(Cc4ccccc4)c3C)cc2)cc1. The van der Waals surface area contributed by atoms with Crippen LogP contribution >= 0.6 is 12.2 Å². The van der Waals surface area contributed by atoms with Gasteiger partial charge in [0.2, 0.25) is 0 Å². The van der Waals surface area contributed by atoms with E-state index in [1.807, 2.05) is 54.7 Å². The molecule has 3 heterocycles. The standard InChI is InChI=1S/C34H32N4O2S/c1-23-21-30(24(2)37(23)22-25-9-5-4-6-10-25)33-32(31-11-7-8-20-35-31)36-34(41)38(33)26-12-14-28(15-13-26)40-29-18-16-27(39-3)17-19-29/h4-21,32-33H,22H2,1-3H3,(H,36,41)/t32-,33+/m1/s1. The summed E-state index contributed by atoms with van der Waals surface area (Å²) in [4.78, 5) is 6.92. The minimum atomic E-state index is -0.107. The van der Waals surface area contributed by atoms with Crippen molar-refractivity contribution in [3.8, 4) is 17.2 Å². The Bertz CT molecular complexity index is 1630. The molecule has 1 aliphatic rings. The fourth-order valence-corrected chi connectivity index (χ4v) is 5.89. The highest BCUT2D eigenvalue weighted by Crippen LogP contribution is 2.43. The van der Waals surface area contributed by atoms with Crippen LogP contribution in [0.2, 0.25) is 0 Å². The third-order valence-corrected chi connectivity index (χ3v) is 7.94. The van der Waals surface area contributed by atoms with Gasteiger partial charge in [-0.2, -0.15) is 0 Å². The lowest BCUT2D eigenvalue weighted by Crippen LogP contribution is -2.29. The van der Waals surface area contributed by atoms with Crippen LogP contribution < -0.4 is 19.7 Å². The molecule has 2 aromatic heterocycles. The second-order valence-corrected chi connectivity index (χ2v) is 10.6. The second kappa shape index (κ2) is 11.5. The molecule has 1 aliphatic heterocycles. The average Bonchev–Trinajstić information content (AvgIpc) is 3.49. The highest BCUT2D eigenvalue weighted by atomic mass is 32.1. The number of anilines is 1. The maximum atomic E-state index is 6.08. The fraction of sp³-hybridized carbons (Fsp3) is 0.176. The third kappa shape index (κ3) is 5.41. The Hall–Kier alpha value is -4.62. The van der Waals surface area contributed by atoms with Crippen molar-refractivity contribution >= 4 is 23.0 Å². The lowest BCUT2D eigenvalue weighted by molar-refractivity contribution is 0.413. The maximum absolute atomic E-state index is 6.08. The van der Waals surface area contributed by atoms with Crippen molar-refractivity contribution in [1.29, 1.82) is 0 Å². The molecule has 6 nitrogen and oxygen atoms in total. The topological polar surface area (TPSA) is 51.6 Å². The van der Waals surface area contributed by atoms with E-state index in [-0.39, 0.29) is 12.1 Å². The monoisotopic (exact) mass is 560 g/mol. The van der Waals surface area contributed by atoms with Gasteiger partial charge >= 0.3 is 0 Å². The first-order chi connectivity index (χ1) is 20.0. The molecular formula is C34H32N4O2S. The Morgan fingerprint density at radius 2 is 1.49 bits per heavy atom. The maximum Gasteiger partial charge on any atom is 0.174 e. The molecule has 0 spiro atoms. The number of pyridine rings is 1. The van der Waals surface area contributed by atoms with Gasteiger partial charge in [-0.25, -0.2) is 0 Å². The third-order valence-electron chi connectivity index (χ3n) is 7.62. The van der Waals surface area contributed by atoms with Crippen LogP contribution in [0.5, 0.6) is 17.2 Å². The number of aromatic nitrogens is 2. The molecule has 1 saturated heterocycles. The van der Waals surface area contributed by atoms with E-state index in [2.05, 4.69) is 83.2 Å². The van der Waals surface area contributed by atoms with E-state index in [1.54, 1.807) is 7.11 Å². The van der Waals surface area contributed by atoms with Gasteiger partial charge in [-0.1, -0.05) is 36.4 Å². The summed E-state index contributed by atoms with van der Waals surface area (Å²) < 4.78 is 13.7. The molecule has 5 aromatic rings. The number of thiocarbonyl (C=S) groups is 1. The Balaban J connectivity index is 1.35. The molecule has 41 heavy (non-hydrogen) atoms. The highest BCUT2D eigenvalue weighted by Gasteiger charge is 2.42. The van der Waals surface area contributed by atoms with Crippen molar-refractivity contribution in [3.05, 3.63) is 138 Å². The number of hydrogen-bond acceptors (Lipinski definition) is 4. The molecule has 0 unspecified atom stereocenters. The van der Waals surface area contributed by atoms with Gasteiger partial charge in [0.05, 0.1) is 24.9 Å². The Morgan fingerprint density at radius 3 is 2.15 bits per heavy atom. The van der Waals surface area contributed by atoms with Crippen molar-refractivity contribution in [3.63, 3.8) is 0 Å². The van der Waals surface area contributed by atoms with Crippen molar-refractivity contribution in [1.82, 2.24) is 14.9 Å². The van der Waals surface area contributed by atoms with Crippen molar-refractivity contribution < 1.29 is 9.47 Å². The van der Waals surface area contributed by atoms with Crippen molar-refractivity contribution in [2.75, 3.05) is 12.0 Å². The number of methoxy groups -OCH3 is 1. The van der Waals surface area contributed by atoms with Crippen LogP contribution in [0.4, 0.5) is 5.69 Å². The summed E-state index contributed by atoms with van der Waals surface area (Å²) in [7, 11) is 1.65. The van der Waals surface area contributed by atoms with E-state index in [1.165, 1.54) is 22.5 Å². The number of aryl methyl sites for hydroxylation is 1. The minimum Gasteiger partial charge on any atom is -0.497 e. The first-order valence-electron chi connectivity index (χ1n) is 13.6. The fourth-order valence-electron chi connectivity index (χ4n) is 5.54. The quantitative estimate of drug-likeness (QED) is 0.198. The molecule has 0 aliphatic carbocycles. The Morgan fingerprint density at radius 1 is 0.829 bits per heavy atom. The van der Waals surface area contributed by atoms with E-state index in [4.69, 9.17) is 26.7 Å². The number of nitrogens with one attached hydrogen (secondary N) is 1. The van der Waals surface area contributed by atoms with Gasteiger partial charge < -0.3 is 24.3 Å². The Labute approximate surface area is 246 Å². The zero-order valence-electron chi connectivity index (χ0n) is 23.3. The second-order valence-electron chi connectivity index (χ2n) is 10.2. The van der Waals surface area contributed by atoms with Crippen LogP contribution in [0.15, 0.2) is 109 Å². The molecule has 0 saturated carbocycles. The molecule has 6 rings (SSSR count). The summed E-state index contributed by atoms with van der Waals surface area (Å²) in [5.74, 6) is 2.28. The minimum absolute atomic E-state index is 0.0820. The summed E-state index contributed by atoms with van der Waals surface area (Å²) in [5, 5.41) is 4.25. The van der Waals surface area contributed by atoms with Crippen LogP contribution in [-0.2, 0) is 6.54 Å². The number of benzene rings is 3. The van der Waals surface area contributed by atoms with E-state index < -0.39 is 0 Å². The van der Waals surface area contributed by atoms with Gasteiger partial charge in [-0.3, -0.25) is 4.98 Å². The largest absolute Gasteiger partial charge is 0.497 e. The molecule has 1 fully saturated rings. The average molecular weight is 561 g/mol. The molecule has 0 bridgehead atoms. The summed E-state index contributed by atoms with van der Waals surface area (Å²) in [6, 6.07) is 34.3. The molecule has 1 N–H and O–H groups in total. The van der Waals surface area contributed by atoms with Crippen LogP contribution in [0.25, 0.3) is 0 Å². The zero-order valence-corrected chi connectivity index (χ0v) is 24.1. The normalized spacial score (nSPS) is 16.5. The van der Waals surface area contributed by atoms with Crippen molar-refractivity contribution in [2.24, 2.45) is 0 Å². The zero-order chi connectivity index (χ0) is 28.3. The summed E-state index contributed by atoms with van der Waals surface area (Å²) in [6.07, 6.45) is 1.84. The molecule has 2 atom stereocenters. The van der Waals surface area contributed by atoms with Gasteiger partial charge in [-0.05, 0) is 104 Å². The van der Waals surface area contributed by atoms with E-state index in [0.29, 0.717) is 5.11 Å². The number of hydrogen-bond donors (Lipinski definition) is 1. The smallest absolute Gasteiger partial charge is 0.174 e. The molecular weight excluding hydrogens is 528 g/mol. The van der Waals surface area contributed by atoms with Crippen LogP contribution in [-0.4, -0.2) is 21.8 Å². The summed E-state index contributed by atoms with van der Waals surface area (Å²) in [6.45, 7) is 5.19. The predicted molar refractivity (Wildman–Crippen MR) is 167 cm³/mol. The van der Waals surface area contributed by atoms with E-state index in [0.717, 1.165) is 35.2 Å². The van der Waals surface area contributed by atoms with Gasteiger partial charge in [0.15, 0.2) is 5.11 Å². The van der Waals surface area contributed by atoms with Crippen LogP contribution in [0, 0.1) is 13.8 Å². The van der Waals surface area contributed by atoms with Crippen LogP contribution in [0.1, 0.15) is 40.3 Å². The predicted octanol–water partition coefficient (Wildman–Crippen LogP) is 7.53. The summed E-state index contributed by atoms with van der Waals surface area (Å²) >= 11 is 5.96. The van der Waals surface area contributed by atoms with Gasteiger partial charge in [0.1, 0.15) is 17.2 Å². The first kappa shape index (κ1) is 26.6. The molecule has 0 amide bonds. The number of rotatable bonds is 8. The molecule has 7 heteroatoms. The summed E-state index contributed by atoms with van der Waals surface area (Å²) in [5.41, 5.74) is 6.86. The van der Waals surface area contributed by atoms with Gasteiger partial charge in [0, 0.05) is 29.8 Å². The highest BCUT2D eigenvalue weighted by molar-refractivity contribution is 7.80. The molecule has 206 valence electrons. The number of ether oxygens (including phenoxy) is 2. The van der Waals surface area contributed by atoms with Gasteiger partial charge in [-0.15, -0.1) is 0 Å². The van der Waals surface area contributed by atoms with Crippen LogP contribution in [0.3, 0.4) is 0 Å². The lowest BCUT2D eigenvalue weighted by atomic mass is 9.96. The number of nitrogens with zero attached hydrogens (tertiary/aromatic N) is 3. The van der Waals surface area contributed by atoms with Gasteiger partial charge in [0.25, 0.3) is 0 Å². The first-order valence-corrected chi connectivity index (χ1v) is 14.1. The van der Waals surface area contributed by atoms with E-state index >= 15 is 0 Å². The molecule has 3 aromatic carbocycles. The lowest BCUT2D eigenvalue weighted by Gasteiger charge is -2.28. The van der Waals surface area contributed by atoms with E-state index in [9.17, 15) is 0 Å². The van der Waals surface area contributed by atoms with Crippen molar-refractivity contribution in [2.45, 2.75) is 32.5 Å². The Kier molecular flexibility index (Phi) is 7.44. The molecule has 0 radical (unpaired) electrons.